The predicted molar refractivity (Wildman–Crippen MR) is 94.6 cm³/mol. The molecule has 0 unspecified atom stereocenters. The van der Waals surface area contributed by atoms with Crippen LogP contribution >= 0.6 is 35.0 Å². The minimum Gasteiger partial charge on any atom is -0.481 e. The second kappa shape index (κ2) is 8.33. The van der Waals surface area contributed by atoms with E-state index in [1.54, 1.807) is 18.2 Å². The molecule has 0 amide bonds. The first-order chi connectivity index (χ1) is 11.4. The fourth-order valence-electron chi connectivity index (χ4n) is 1.81. The molecule has 0 aliphatic rings. The summed E-state index contributed by atoms with van der Waals surface area (Å²) in [5.41, 5.74) is 0.775. The van der Waals surface area contributed by atoms with E-state index in [1.165, 1.54) is 24.3 Å². The van der Waals surface area contributed by atoms with Crippen LogP contribution in [0.4, 0.5) is 4.39 Å². The molecule has 0 saturated heterocycles. The van der Waals surface area contributed by atoms with Crippen molar-refractivity contribution in [3.05, 3.63) is 69.5 Å². The number of aliphatic carboxylic acids is 1. The predicted octanol–water partition coefficient (Wildman–Crippen LogP) is 5.21. The SMILES string of the molecule is O=C(O)CSc1ccc(C(=O)/C=C/c2ccc(Cl)cc2Cl)cc1F. The van der Waals surface area contributed by atoms with Gasteiger partial charge in [0.15, 0.2) is 5.78 Å². The fraction of sp³-hybridized carbons (Fsp3) is 0.0588. The van der Waals surface area contributed by atoms with E-state index in [1.807, 2.05) is 0 Å². The second-order valence-corrected chi connectivity index (χ2v) is 6.55. The van der Waals surface area contributed by atoms with E-state index in [9.17, 15) is 14.0 Å². The topological polar surface area (TPSA) is 54.4 Å². The minimum absolute atomic E-state index is 0.161. The van der Waals surface area contributed by atoms with Gasteiger partial charge >= 0.3 is 5.97 Å². The number of allylic oxidation sites excluding steroid dienone is 1. The summed E-state index contributed by atoms with van der Waals surface area (Å²) < 4.78 is 13.9. The molecule has 0 saturated carbocycles. The second-order valence-electron chi connectivity index (χ2n) is 4.69. The fourth-order valence-corrected chi connectivity index (χ4v) is 2.92. The lowest BCUT2D eigenvalue weighted by atomic mass is 10.1. The Morgan fingerprint density at radius 1 is 1.17 bits per heavy atom. The first-order valence-electron chi connectivity index (χ1n) is 6.68. The van der Waals surface area contributed by atoms with Gasteiger partial charge in [-0.05, 0) is 48.0 Å². The van der Waals surface area contributed by atoms with E-state index < -0.39 is 17.6 Å². The van der Waals surface area contributed by atoms with Crippen molar-refractivity contribution in [2.24, 2.45) is 0 Å². The standard InChI is InChI=1S/C17H11Cl2FO3S/c18-12-4-1-10(13(19)8-12)2-5-15(21)11-3-6-16(14(20)7-11)24-9-17(22)23/h1-8H,9H2,(H,22,23)/b5-2+. The number of thioether (sulfide) groups is 1. The molecular formula is C17H11Cl2FO3S. The zero-order valence-corrected chi connectivity index (χ0v) is 14.5. The summed E-state index contributed by atoms with van der Waals surface area (Å²) in [6.45, 7) is 0. The molecule has 2 rings (SSSR count). The Morgan fingerprint density at radius 2 is 1.92 bits per heavy atom. The van der Waals surface area contributed by atoms with Crippen LogP contribution in [-0.2, 0) is 4.79 Å². The van der Waals surface area contributed by atoms with Gasteiger partial charge in [-0.3, -0.25) is 9.59 Å². The van der Waals surface area contributed by atoms with Gasteiger partial charge < -0.3 is 5.11 Å². The van der Waals surface area contributed by atoms with Crippen molar-refractivity contribution in [3.63, 3.8) is 0 Å². The Morgan fingerprint density at radius 3 is 2.54 bits per heavy atom. The molecule has 0 fully saturated rings. The lowest BCUT2D eigenvalue weighted by Crippen LogP contribution is -2.00. The summed E-state index contributed by atoms with van der Waals surface area (Å²) in [7, 11) is 0. The van der Waals surface area contributed by atoms with Crippen LogP contribution in [-0.4, -0.2) is 22.6 Å². The summed E-state index contributed by atoms with van der Waals surface area (Å²) >= 11 is 12.7. The lowest BCUT2D eigenvalue weighted by Gasteiger charge is -2.03. The molecule has 3 nitrogen and oxygen atoms in total. The number of ketones is 1. The average molecular weight is 385 g/mol. The molecule has 0 aliphatic carbocycles. The van der Waals surface area contributed by atoms with Crippen LogP contribution in [0.25, 0.3) is 6.08 Å². The van der Waals surface area contributed by atoms with Crippen LogP contribution in [0.2, 0.25) is 10.0 Å². The van der Waals surface area contributed by atoms with Gasteiger partial charge in [-0.1, -0.05) is 29.3 Å². The van der Waals surface area contributed by atoms with E-state index >= 15 is 0 Å². The first kappa shape index (κ1) is 18.5. The maximum Gasteiger partial charge on any atom is 0.313 e. The highest BCUT2D eigenvalue weighted by Gasteiger charge is 2.10. The maximum absolute atomic E-state index is 13.9. The lowest BCUT2D eigenvalue weighted by molar-refractivity contribution is -0.133. The molecule has 24 heavy (non-hydrogen) atoms. The highest BCUT2D eigenvalue weighted by atomic mass is 35.5. The van der Waals surface area contributed by atoms with Gasteiger partial charge in [-0.2, -0.15) is 0 Å². The van der Waals surface area contributed by atoms with E-state index in [4.69, 9.17) is 28.3 Å². The number of halogens is 3. The van der Waals surface area contributed by atoms with Crippen molar-refractivity contribution >= 4 is 52.8 Å². The van der Waals surface area contributed by atoms with Gasteiger partial charge in [0.25, 0.3) is 0 Å². The molecule has 0 aromatic heterocycles. The first-order valence-corrected chi connectivity index (χ1v) is 8.42. The Bertz CT molecular complexity index is 821. The summed E-state index contributed by atoms with van der Waals surface area (Å²) in [5, 5.41) is 9.49. The van der Waals surface area contributed by atoms with Crippen LogP contribution in [0, 0.1) is 5.82 Å². The zero-order valence-electron chi connectivity index (χ0n) is 12.1. The minimum atomic E-state index is -1.04. The maximum atomic E-state index is 13.9. The Kier molecular flexibility index (Phi) is 6.43. The highest BCUT2D eigenvalue weighted by molar-refractivity contribution is 8.00. The molecule has 2 aromatic rings. The molecule has 1 N–H and O–H groups in total. The van der Waals surface area contributed by atoms with E-state index in [-0.39, 0.29) is 16.2 Å². The van der Waals surface area contributed by atoms with Gasteiger partial charge in [0, 0.05) is 20.5 Å². The van der Waals surface area contributed by atoms with Crippen LogP contribution in [0.3, 0.4) is 0 Å². The molecule has 0 spiro atoms. The third-order valence-electron chi connectivity index (χ3n) is 2.94. The highest BCUT2D eigenvalue weighted by Crippen LogP contribution is 2.24. The van der Waals surface area contributed by atoms with Crippen LogP contribution < -0.4 is 0 Å². The van der Waals surface area contributed by atoms with Gasteiger partial charge in [0.1, 0.15) is 5.82 Å². The molecule has 0 radical (unpaired) electrons. The number of carboxylic acids is 1. The van der Waals surface area contributed by atoms with Crippen LogP contribution in [0.15, 0.2) is 47.4 Å². The number of hydrogen-bond acceptors (Lipinski definition) is 3. The van der Waals surface area contributed by atoms with E-state index in [0.29, 0.717) is 15.6 Å². The third kappa shape index (κ3) is 5.09. The zero-order chi connectivity index (χ0) is 17.7. The van der Waals surface area contributed by atoms with E-state index in [0.717, 1.165) is 17.8 Å². The quantitative estimate of drug-likeness (QED) is 0.422. The van der Waals surface area contributed by atoms with E-state index in [2.05, 4.69) is 0 Å². The summed E-state index contributed by atoms with van der Waals surface area (Å²) in [6, 6.07) is 8.79. The smallest absolute Gasteiger partial charge is 0.313 e. The van der Waals surface area contributed by atoms with Crippen molar-refractivity contribution in [1.29, 1.82) is 0 Å². The van der Waals surface area contributed by atoms with Gasteiger partial charge in [-0.25, -0.2) is 4.39 Å². The van der Waals surface area contributed by atoms with Crippen LogP contribution in [0.1, 0.15) is 15.9 Å². The van der Waals surface area contributed by atoms with Crippen molar-refractivity contribution in [3.8, 4) is 0 Å². The van der Waals surface area contributed by atoms with Crippen molar-refractivity contribution in [2.45, 2.75) is 4.90 Å². The van der Waals surface area contributed by atoms with Crippen LogP contribution in [0.5, 0.6) is 0 Å². The molecule has 2 aromatic carbocycles. The Labute approximate surface area is 152 Å². The Hall–Kier alpha value is -1.82. The van der Waals surface area contributed by atoms with Gasteiger partial charge in [0.2, 0.25) is 0 Å². The number of carboxylic acid groups (broad SMARTS) is 1. The molecule has 0 aliphatic heterocycles. The third-order valence-corrected chi connectivity index (χ3v) is 4.54. The summed E-state index contributed by atoms with van der Waals surface area (Å²) in [6.07, 6.45) is 2.81. The van der Waals surface area contributed by atoms with Gasteiger partial charge in [0.05, 0.1) is 5.75 Å². The molecule has 124 valence electrons. The Balaban J connectivity index is 2.13. The van der Waals surface area contributed by atoms with Crippen molar-refractivity contribution in [2.75, 3.05) is 5.75 Å². The molecule has 7 heteroatoms. The molecular weight excluding hydrogens is 374 g/mol. The van der Waals surface area contributed by atoms with Crippen molar-refractivity contribution in [1.82, 2.24) is 0 Å². The number of rotatable bonds is 6. The average Bonchev–Trinajstić information content (AvgIpc) is 2.52. The van der Waals surface area contributed by atoms with Gasteiger partial charge in [-0.15, -0.1) is 11.8 Å². The molecule has 0 atom stereocenters. The van der Waals surface area contributed by atoms with Crippen molar-refractivity contribution < 1.29 is 19.1 Å². The number of carbonyl (C=O) groups is 2. The largest absolute Gasteiger partial charge is 0.481 e. The monoisotopic (exact) mass is 384 g/mol. The number of benzene rings is 2. The molecule has 0 bridgehead atoms. The summed E-state index contributed by atoms with van der Waals surface area (Å²) in [4.78, 5) is 22.8. The number of hydrogen-bond donors (Lipinski definition) is 1. The molecule has 0 heterocycles. The number of carbonyl (C=O) groups excluding carboxylic acids is 1. The summed E-state index contributed by atoms with van der Waals surface area (Å²) in [5.74, 6) is -2.32. The normalized spacial score (nSPS) is 11.0.